The van der Waals surface area contributed by atoms with E-state index in [-0.39, 0.29) is 5.95 Å². The summed E-state index contributed by atoms with van der Waals surface area (Å²) in [6, 6.07) is 6.01. The predicted molar refractivity (Wildman–Crippen MR) is 118 cm³/mol. The van der Waals surface area contributed by atoms with Gasteiger partial charge in [-0.25, -0.2) is 9.97 Å². The van der Waals surface area contributed by atoms with E-state index in [1.807, 2.05) is 18.2 Å². The van der Waals surface area contributed by atoms with Crippen LogP contribution in [-0.2, 0) is 0 Å². The van der Waals surface area contributed by atoms with Crippen LogP contribution in [0.2, 0.25) is 0 Å². The third-order valence-corrected chi connectivity index (χ3v) is 5.87. The van der Waals surface area contributed by atoms with Gasteiger partial charge in [-0.15, -0.1) is 0 Å². The first-order valence-electron chi connectivity index (χ1n) is 10.1. The zero-order chi connectivity index (χ0) is 21.3. The van der Waals surface area contributed by atoms with Gasteiger partial charge < -0.3 is 20.5 Å². The van der Waals surface area contributed by atoms with Crippen molar-refractivity contribution in [1.29, 1.82) is 0 Å². The maximum Gasteiger partial charge on any atom is 0.261 e. The van der Waals surface area contributed by atoms with Gasteiger partial charge in [0.25, 0.3) is 5.82 Å². The van der Waals surface area contributed by atoms with E-state index in [0.29, 0.717) is 33.2 Å². The average Bonchev–Trinajstić information content (AvgIpc) is 2.78. The minimum absolute atomic E-state index is 0.224. The Morgan fingerprint density at radius 2 is 1.77 bits per heavy atom. The van der Waals surface area contributed by atoms with Crippen LogP contribution in [0.4, 0.5) is 11.8 Å². The molecule has 0 bridgehead atoms. The number of quaternary nitrogens is 1. The smallest absolute Gasteiger partial charge is 0.261 e. The van der Waals surface area contributed by atoms with Gasteiger partial charge in [0.15, 0.2) is 22.7 Å². The summed E-state index contributed by atoms with van der Waals surface area (Å²) in [5.74, 6) is 2.36. The number of rotatable bonds is 5. The van der Waals surface area contributed by atoms with Crippen LogP contribution in [0.25, 0.3) is 22.4 Å². The Bertz CT molecular complexity index is 1060. The number of piperazine rings is 1. The molecule has 0 amide bonds. The van der Waals surface area contributed by atoms with Crippen molar-refractivity contribution in [1.82, 2.24) is 29.7 Å². The van der Waals surface area contributed by atoms with Crippen molar-refractivity contribution in [2.45, 2.75) is 19.9 Å². The second-order valence-electron chi connectivity index (χ2n) is 7.73. The molecule has 1 aromatic carbocycles. The van der Waals surface area contributed by atoms with Gasteiger partial charge in [-0.2, -0.15) is 9.97 Å². The number of methoxy groups -OCH3 is 2. The lowest BCUT2D eigenvalue weighted by Crippen LogP contribution is -2.63. The number of nitrogens with one attached hydrogen (secondary N) is 1. The first-order chi connectivity index (χ1) is 14.5. The molecule has 158 valence electrons. The molecular weight excluding hydrogens is 382 g/mol. The molecule has 1 aliphatic rings. The molecule has 1 saturated heterocycles. The van der Waals surface area contributed by atoms with E-state index in [0.717, 1.165) is 43.3 Å². The molecule has 9 nitrogen and oxygen atoms in total. The number of hydrogen-bond donors (Lipinski definition) is 2. The third kappa shape index (κ3) is 3.40. The van der Waals surface area contributed by atoms with Crippen molar-refractivity contribution in [3.63, 3.8) is 0 Å². The lowest BCUT2D eigenvalue weighted by Gasteiger charge is -2.43. The Balaban J connectivity index is 1.91. The maximum atomic E-state index is 6.06. The monoisotopic (exact) mass is 410 g/mol. The number of ether oxygens (including phenoxy) is 2. The van der Waals surface area contributed by atoms with Crippen LogP contribution < -0.4 is 25.0 Å². The summed E-state index contributed by atoms with van der Waals surface area (Å²) in [4.78, 5) is 18.5. The summed E-state index contributed by atoms with van der Waals surface area (Å²) in [6.07, 6.45) is 1.71. The van der Waals surface area contributed by atoms with Gasteiger partial charge in [0.05, 0.1) is 45.2 Å². The largest absolute Gasteiger partial charge is 0.493 e. The van der Waals surface area contributed by atoms with E-state index < -0.39 is 0 Å². The first-order valence-corrected chi connectivity index (χ1v) is 10.1. The van der Waals surface area contributed by atoms with Gasteiger partial charge in [-0.05, 0) is 32.0 Å². The summed E-state index contributed by atoms with van der Waals surface area (Å²) in [5, 5.41) is 3.44. The van der Waals surface area contributed by atoms with Crippen molar-refractivity contribution in [2.24, 2.45) is 0 Å². The van der Waals surface area contributed by atoms with Gasteiger partial charge >= 0.3 is 0 Å². The average molecular weight is 411 g/mol. The Labute approximate surface area is 175 Å². The molecule has 0 saturated carbocycles. The van der Waals surface area contributed by atoms with Gasteiger partial charge in [0, 0.05) is 18.7 Å². The Kier molecular flexibility index (Phi) is 5.40. The second-order valence-corrected chi connectivity index (χ2v) is 7.73. The lowest BCUT2D eigenvalue weighted by molar-refractivity contribution is 0.193. The van der Waals surface area contributed by atoms with Crippen molar-refractivity contribution < 1.29 is 9.47 Å². The molecule has 0 unspecified atom stereocenters. The number of hydrogen-bond acceptors (Lipinski definition) is 8. The number of benzene rings is 1. The molecule has 3 N–H and O–H groups in total. The SMILES string of the molecule is COc1ccc(-c2cnc3nc(N)nc([N+]4(C(C)C)CCNCC4)c3n2)cc1OC. The predicted octanol–water partition coefficient (Wildman–Crippen LogP) is 2.01. The summed E-state index contributed by atoms with van der Waals surface area (Å²) >= 11 is 0. The normalized spacial score (nSPS) is 16.0. The molecule has 0 aliphatic carbocycles. The van der Waals surface area contributed by atoms with Crippen LogP contribution in [0.3, 0.4) is 0 Å². The van der Waals surface area contributed by atoms with E-state index in [1.165, 1.54) is 0 Å². The van der Waals surface area contributed by atoms with E-state index >= 15 is 0 Å². The van der Waals surface area contributed by atoms with Crippen molar-refractivity contribution in [2.75, 3.05) is 46.1 Å². The highest BCUT2D eigenvalue weighted by atomic mass is 16.5. The molecule has 3 aromatic rings. The van der Waals surface area contributed by atoms with Crippen LogP contribution in [0.15, 0.2) is 24.4 Å². The van der Waals surface area contributed by atoms with E-state index in [2.05, 4.69) is 34.1 Å². The molecule has 2 aromatic heterocycles. The molecule has 4 rings (SSSR count). The summed E-state index contributed by atoms with van der Waals surface area (Å²) < 4.78 is 11.5. The van der Waals surface area contributed by atoms with E-state index in [1.54, 1.807) is 20.4 Å². The molecule has 1 fully saturated rings. The highest BCUT2D eigenvalue weighted by Gasteiger charge is 2.40. The molecule has 9 heteroatoms. The quantitative estimate of drug-likeness (QED) is 0.615. The number of anilines is 1. The highest BCUT2D eigenvalue weighted by Crippen LogP contribution is 2.35. The minimum atomic E-state index is 0.224. The Hall–Kier alpha value is -3.04. The zero-order valence-electron chi connectivity index (χ0n) is 17.8. The Morgan fingerprint density at radius 3 is 2.43 bits per heavy atom. The molecule has 0 atom stereocenters. The fourth-order valence-electron chi connectivity index (χ4n) is 4.12. The number of fused-ring (bicyclic) bond motifs is 1. The topological polar surface area (TPSA) is 108 Å². The molecule has 0 radical (unpaired) electrons. The van der Waals surface area contributed by atoms with Gasteiger partial charge in [-0.3, -0.25) is 4.48 Å². The third-order valence-electron chi connectivity index (χ3n) is 5.87. The lowest BCUT2D eigenvalue weighted by atomic mass is 10.1. The van der Waals surface area contributed by atoms with E-state index in [9.17, 15) is 0 Å². The van der Waals surface area contributed by atoms with Crippen LogP contribution in [0.5, 0.6) is 11.5 Å². The fraction of sp³-hybridized carbons (Fsp3) is 0.429. The number of nitrogens with two attached hydrogens (primary N) is 1. The molecule has 1 aliphatic heterocycles. The molecule has 3 heterocycles. The Morgan fingerprint density at radius 1 is 1.03 bits per heavy atom. The van der Waals surface area contributed by atoms with Crippen molar-refractivity contribution >= 4 is 22.9 Å². The summed E-state index contributed by atoms with van der Waals surface area (Å²) in [7, 11) is 3.23. The van der Waals surface area contributed by atoms with Gasteiger partial charge in [0.1, 0.15) is 0 Å². The van der Waals surface area contributed by atoms with Crippen molar-refractivity contribution in [3.05, 3.63) is 24.4 Å². The summed E-state index contributed by atoms with van der Waals surface area (Å²) in [6.45, 7) is 8.05. The van der Waals surface area contributed by atoms with Gasteiger partial charge in [-0.1, -0.05) is 0 Å². The van der Waals surface area contributed by atoms with Gasteiger partial charge in [0.2, 0.25) is 5.95 Å². The van der Waals surface area contributed by atoms with E-state index in [4.69, 9.17) is 20.2 Å². The first kappa shape index (κ1) is 20.2. The fourth-order valence-corrected chi connectivity index (χ4v) is 4.12. The van der Waals surface area contributed by atoms with Crippen LogP contribution in [0.1, 0.15) is 13.8 Å². The minimum Gasteiger partial charge on any atom is -0.493 e. The van der Waals surface area contributed by atoms with Crippen LogP contribution >= 0.6 is 0 Å². The number of nitrogen functional groups attached to an aromatic ring is 1. The number of aromatic nitrogens is 4. The zero-order valence-corrected chi connectivity index (χ0v) is 17.8. The number of nitrogens with zero attached hydrogens (tertiary/aromatic N) is 5. The van der Waals surface area contributed by atoms with Crippen molar-refractivity contribution in [3.8, 4) is 22.8 Å². The highest BCUT2D eigenvalue weighted by molar-refractivity contribution is 5.85. The molecule has 0 spiro atoms. The summed E-state index contributed by atoms with van der Waals surface area (Å²) in [5.41, 5.74) is 8.86. The molecular formula is C21H28N7O2+. The maximum absolute atomic E-state index is 6.06. The van der Waals surface area contributed by atoms with Crippen LogP contribution in [-0.4, -0.2) is 66.4 Å². The standard InChI is InChI=1S/C21H28N7O2/c1-13(2)28(9-7-23-8-10-28)20-18-19(26-21(22)27-20)24-12-15(25-18)14-5-6-16(29-3)17(11-14)30-4/h5-6,11-13,23H,7-10H2,1-4H3,(H2,22,24,26,27)/q+1. The van der Waals surface area contributed by atoms with Crippen LogP contribution in [0, 0.1) is 0 Å². The molecule has 30 heavy (non-hydrogen) atoms. The second kappa shape index (κ2) is 8.00.